The summed E-state index contributed by atoms with van der Waals surface area (Å²) in [4.78, 5) is 8.68. The van der Waals surface area contributed by atoms with Gasteiger partial charge < -0.3 is 0 Å². The molecule has 3 aromatic heterocycles. The zero-order chi connectivity index (χ0) is 60.3. The smallest absolute Gasteiger partial charge is 0.0972 e. The Bertz CT molecular complexity index is 4960. The maximum atomic E-state index is 10.4. The molecule has 0 atom stereocenters. The Morgan fingerprint density at radius 2 is 1.00 bits per heavy atom. The monoisotopic (exact) mass is 815 g/mol. The van der Waals surface area contributed by atoms with Crippen LogP contribution >= 0.6 is 11.3 Å². The summed E-state index contributed by atoms with van der Waals surface area (Å²) in [6.07, 6.45) is 1.67. The van der Waals surface area contributed by atoms with Crippen LogP contribution in [0.2, 0.25) is 0 Å². The maximum absolute atomic E-state index is 10.4. The van der Waals surface area contributed by atoms with E-state index in [2.05, 4.69) is 4.98 Å². The third kappa shape index (κ3) is 5.93. The second-order valence-corrected chi connectivity index (χ2v) is 14.9. The van der Waals surface area contributed by atoms with Gasteiger partial charge in [-0.05, 0) is 84.4 Å². The number of hydrogen-bond acceptors (Lipinski definition) is 3. The van der Waals surface area contributed by atoms with Crippen LogP contribution in [0.15, 0.2) is 218 Å². The number of rotatable bonds is 6. The van der Waals surface area contributed by atoms with Gasteiger partial charge in [0, 0.05) is 49.0 Å². The molecule has 12 rings (SSSR count). The number of benzene rings is 9. The van der Waals surface area contributed by atoms with Gasteiger partial charge in [0.15, 0.2) is 0 Å². The molecule has 0 saturated carbocycles. The summed E-state index contributed by atoms with van der Waals surface area (Å²) in [6, 6.07) is 1.83. The van der Waals surface area contributed by atoms with Gasteiger partial charge in [0.2, 0.25) is 0 Å². The van der Waals surface area contributed by atoms with Crippen molar-refractivity contribution in [1.29, 1.82) is 0 Å². The zero-order valence-corrected chi connectivity index (χ0v) is 32.1. The normalized spacial score (nSPS) is 16.9. The van der Waals surface area contributed by atoms with Crippen LogP contribution in [0.5, 0.6) is 0 Å². The van der Waals surface area contributed by atoms with Crippen molar-refractivity contribution in [2.24, 2.45) is 0 Å². The van der Waals surface area contributed by atoms with E-state index in [1.54, 1.807) is 42.6 Å². The number of aromatic nitrogens is 2. The summed E-state index contributed by atoms with van der Waals surface area (Å²) in [5, 5.41) is 0.464. The number of nitrogens with zero attached hydrogens (tertiary/aromatic N) is 2. The molecule has 0 aliphatic carbocycles. The van der Waals surface area contributed by atoms with E-state index in [-0.39, 0.29) is 11.1 Å². The predicted molar refractivity (Wildman–Crippen MR) is 260 cm³/mol. The highest BCUT2D eigenvalue weighted by molar-refractivity contribution is 7.20. The van der Waals surface area contributed by atoms with Crippen LogP contribution in [0.4, 0.5) is 0 Å². The molecular formula is C58H36N2S. The quantitative estimate of drug-likeness (QED) is 0.156. The third-order valence-corrected chi connectivity index (χ3v) is 11.7. The van der Waals surface area contributed by atoms with E-state index >= 15 is 0 Å². The molecule has 0 spiro atoms. The van der Waals surface area contributed by atoms with Crippen molar-refractivity contribution in [3.8, 4) is 65.5 Å². The molecule has 0 radical (unpaired) electrons. The molecule has 0 aliphatic heterocycles. The standard InChI is InChI=1S/C58H36N2S/c1-3-15-37(16-4-1)53-54(57(40-17-5-2-6-18-40)61-58(53)51-36-42-19-7-8-23-44(42)46-24-10-12-27-49(46)51)43-21-13-20-41(35-43)45-31-32-50(48-26-11-9-25-47(45)48)52-33-30-39-29-28-38-22-14-34-59-55(38)56(39)60-52/h1-36H/i1D,2D,3D,4D,5D,6D,7D,8D,10D,12D,13D,15D,16D,17D,18D,19D,20D,21D,23D,24D,27D,35D,36D. The molecule has 3 heterocycles. The van der Waals surface area contributed by atoms with Gasteiger partial charge in [-0.15, -0.1) is 11.3 Å². The summed E-state index contributed by atoms with van der Waals surface area (Å²) >= 11 is 0.424. The first kappa shape index (κ1) is 19.1. The van der Waals surface area contributed by atoms with Gasteiger partial charge >= 0.3 is 0 Å². The van der Waals surface area contributed by atoms with Crippen LogP contribution in [0.3, 0.4) is 0 Å². The minimum absolute atomic E-state index is 0.162. The van der Waals surface area contributed by atoms with Crippen molar-refractivity contribution < 1.29 is 31.5 Å². The van der Waals surface area contributed by atoms with Crippen LogP contribution in [0.25, 0.3) is 120 Å². The average molecular weight is 816 g/mol. The molecule has 0 N–H and O–H groups in total. The fraction of sp³-hybridized carbons (Fsp3) is 0. The molecule has 9 aromatic carbocycles. The molecule has 284 valence electrons. The van der Waals surface area contributed by atoms with Crippen molar-refractivity contribution in [2.45, 2.75) is 0 Å². The molecule has 0 bridgehead atoms. The Balaban J connectivity index is 1.30. The molecular weight excluding hydrogens is 757 g/mol. The molecule has 0 fully saturated rings. The minimum atomic E-state index is -0.955. The van der Waals surface area contributed by atoms with Crippen LogP contribution in [-0.4, -0.2) is 9.97 Å². The summed E-state index contributed by atoms with van der Waals surface area (Å²) in [5.41, 5.74) is -1.54. The highest BCUT2D eigenvalue weighted by atomic mass is 32.1. The number of hydrogen-bond donors (Lipinski definition) is 0. The molecule has 61 heavy (non-hydrogen) atoms. The zero-order valence-electron chi connectivity index (χ0n) is 54.3. The van der Waals surface area contributed by atoms with Crippen molar-refractivity contribution in [3.63, 3.8) is 0 Å². The van der Waals surface area contributed by atoms with E-state index in [4.69, 9.17) is 20.1 Å². The molecule has 0 saturated heterocycles. The molecule has 0 amide bonds. The van der Waals surface area contributed by atoms with Crippen molar-refractivity contribution >= 4 is 65.5 Å². The first-order valence-electron chi connectivity index (χ1n) is 30.4. The summed E-state index contributed by atoms with van der Waals surface area (Å²) < 4.78 is 212. The summed E-state index contributed by atoms with van der Waals surface area (Å²) in [5.74, 6) is 0. The van der Waals surface area contributed by atoms with Crippen LogP contribution in [-0.2, 0) is 0 Å². The Kier molecular flexibility index (Phi) is 4.55. The molecule has 12 aromatic rings. The van der Waals surface area contributed by atoms with Crippen molar-refractivity contribution in [2.75, 3.05) is 0 Å². The number of fused-ring (bicyclic) bond motifs is 7. The maximum Gasteiger partial charge on any atom is 0.0972 e. The van der Waals surface area contributed by atoms with Gasteiger partial charge in [-0.25, -0.2) is 4.98 Å². The number of pyridine rings is 2. The van der Waals surface area contributed by atoms with E-state index in [0.717, 1.165) is 10.8 Å². The Morgan fingerprint density at radius 1 is 0.377 bits per heavy atom. The third-order valence-electron chi connectivity index (χ3n) is 10.5. The second-order valence-electron chi connectivity index (χ2n) is 13.9. The lowest BCUT2D eigenvalue weighted by molar-refractivity contribution is 1.37. The Labute approximate surface area is 390 Å². The second kappa shape index (κ2) is 14.5. The average Bonchev–Trinajstić information content (AvgIpc) is 1.47. The van der Waals surface area contributed by atoms with Gasteiger partial charge in [-0.3, -0.25) is 4.98 Å². The summed E-state index contributed by atoms with van der Waals surface area (Å²) in [7, 11) is 0. The van der Waals surface area contributed by atoms with Crippen LogP contribution in [0, 0.1) is 0 Å². The molecule has 3 heteroatoms. The predicted octanol–water partition coefficient (Wildman–Crippen LogP) is 16.3. The largest absolute Gasteiger partial charge is 0.254 e. The minimum Gasteiger partial charge on any atom is -0.254 e. The highest BCUT2D eigenvalue weighted by Crippen LogP contribution is 2.54. The molecule has 0 unspecified atom stereocenters. The van der Waals surface area contributed by atoms with Gasteiger partial charge in [0.25, 0.3) is 0 Å². The lowest BCUT2D eigenvalue weighted by atomic mass is 9.87. The lowest BCUT2D eigenvalue weighted by Gasteiger charge is -2.15. The van der Waals surface area contributed by atoms with Gasteiger partial charge in [-0.1, -0.05) is 188 Å². The number of thiophene rings is 1. The van der Waals surface area contributed by atoms with Gasteiger partial charge in [0.05, 0.1) is 48.3 Å². The van der Waals surface area contributed by atoms with E-state index < -0.39 is 204 Å². The molecule has 2 nitrogen and oxygen atoms in total. The van der Waals surface area contributed by atoms with E-state index in [1.165, 1.54) is 0 Å². The van der Waals surface area contributed by atoms with E-state index in [1.807, 2.05) is 36.4 Å². The Hall–Kier alpha value is -7.72. The fourth-order valence-electron chi connectivity index (χ4n) is 7.86. The fourth-order valence-corrected chi connectivity index (χ4v) is 9.13. The topological polar surface area (TPSA) is 25.8 Å². The van der Waals surface area contributed by atoms with Gasteiger partial charge in [-0.2, -0.15) is 0 Å². The van der Waals surface area contributed by atoms with E-state index in [9.17, 15) is 16.4 Å². The van der Waals surface area contributed by atoms with Crippen LogP contribution in [0.1, 0.15) is 31.5 Å². The van der Waals surface area contributed by atoms with Gasteiger partial charge in [0.1, 0.15) is 0 Å². The van der Waals surface area contributed by atoms with Crippen LogP contribution < -0.4 is 0 Å². The highest BCUT2D eigenvalue weighted by Gasteiger charge is 2.25. The first-order valence-corrected chi connectivity index (χ1v) is 19.7. The van der Waals surface area contributed by atoms with Crippen molar-refractivity contribution in [1.82, 2.24) is 9.97 Å². The lowest BCUT2D eigenvalue weighted by Crippen LogP contribution is -1.91. The Morgan fingerprint density at radius 3 is 1.82 bits per heavy atom. The summed E-state index contributed by atoms with van der Waals surface area (Å²) in [6.45, 7) is 0. The molecule has 0 aliphatic rings. The van der Waals surface area contributed by atoms with Crippen molar-refractivity contribution in [3.05, 3.63) is 218 Å². The van der Waals surface area contributed by atoms with E-state index in [0.29, 0.717) is 44.4 Å². The first-order chi connectivity index (χ1) is 39.8. The SMILES string of the molecule is [2H]c1c([2H])c([2H])c(-c2sc(-c3c([2H])c4c([2H])c([2H])c([2H])c([2H])c4c4c([2H])c([2H])c([2H])c([2H])c34)c(-c3c([2H])c([2H])c([2H])c([2H])c3[2H])c2-c2c([2H])c([2H])c([2H])c(-c3ccc(-c4ccc5ccc6cccnc6c5n4)c4ccccc34)c2[2H])c([2H])c1[2H].